The van der Waals surface area contributed by atoms with Gasteiger partial charge in [0, 0.05) is 18.5 Å². The Balaban J connectivity index is 2.05. The second kappa shape index (κ2) is 4.63. The Morgan fingerprint density at radius 2 is 2.20 bits per heavy atom. The number of hydrogen-bond acceptors (Lipinski definition) is 4. The fourth-order valence-corrected chi connectivity index (χ4v) is 2.43. The SMILES string of the molecule is COc1ccc2c(c1)OCC(C)(c1cccnc1)C2=O. The first-order valence-corrected chi connectivity index (χ1v) is 6.41. The number of nitrogens with zero attached hydrogens (tertiary/aromatic N) is 1. The number of Topliss-reactive ketones (excluding diaryl/α,β-unsaturated/α-hetero) is 1. The molecular weight excluding hydrogens is 254 g/mol. The normalized spacial score (nSPS) is 21.0. The van der Waals surface area contributed by atoms with E-state index in [1.54, 1.807) is 37.7 Å². The Labute approximate surface area is 117 Å². The molecule has 1 atom stereocenters. The quantitative estimate of drug-likeness (QED) is 0.841. The lowest BCUT2D eigenvalue weighted by atomic mass is 9.76. The molecule has 0 fully saturated rings. The molecule has 0 bridgehead atoms. The maximum atomic E-state index is 12.8. The summed E-state index contributed by atoms with van der Waals surface area (Å²) in [5.41, 5.74) is 0.755. The molecule has 2 heterocycles. The van der Waals surface area contributed by atoms with Crippen molar-refractivity contribution in [2.75, 3.05) is 13.7 Å². The maximum absolute atomic E-state index is 12.8. The van der Waals surface area contributed by atoms with E-state index in [1.807, 2.05) is 19.1 Å². The predicted molar refractivity (Wildman–Crippen MR) is 74.4 cm³/mol. The molecule has 3 rings (SSSR count). The Hall–Kier alpha value is -2.36. The summed E-state index contributed by atoms with van der Waals surface area (Å²) in [4.78, 5) is 16.9. The number of hydrogen-bond donors (Lipinski definition) is 0. The van der Waals surface area contributed by atoms with Gasteiger partial charge in [0.2, 0.25) is 0 Å². The van der Waals surface area contributed by atoms with Crippen molar-refractivity contribution in [1.29, 1.82) is 0 Å². The number of carbonyl (C=O) groups is 1. The number of methoxy groups -OCH3 is 1. The van der Waals surface area contributed by atoms with Crippen LogP contribution in [0.4, 0.5) is 0 Å². The number of pyridine rings is 1. The van der Waals surface area contributed by atoms with Crippen LogP contribution < -0.4 is 9.47 Å². The zero-order valence-electron chi connectivity index (χ0n) is 11.4. The van der Waals surface area contributed by atoms with E-state index in [9.17, 15) is 4.79 Å². The first-order chi connectivity index (χ1) is 9.65. The Bertz CT molecular complexity index is 654. The van der Waals surface area contributed by atoms with Gasteiger partial charge in [-0.25, -0.2) is 0 Å². The molecule has 1 aromatic carbocycles. The second-order valence-corrected chi connectivity index (χ2v) is 5.05. The van der Waals surface area contributed by atoms with Gasteiger partial charge in [0.1, 0.15) is 18.1 Å². The van der Waals surface area contributed by atoms with Crippen molar-refractivity contribution in [2.24, 2.45) is 0 Å². The smallest absolute Gasteiger partial charge is 0.180 e. The van der Waals surface area contributed by atoms with Crippen LogP contribution in [-0.4, -0.2) is 24.5 Å². The standard InChI is InChI=1S/C16H15NO3/c1-16(11-4-3-7-17-9-11)10-20-14-8-12(19-2)5-6-13(14)15(16)18/h3-9H,10H2,1-2H3. The van der Waals surface area contributed by atoms with Gasteiger partial charge in [-0.15, -0.1) is 0 Å². The average Bonchev–Trinajstić information content (AvgIpc) is 2.51. The number of benzene rings is 1. The van der Waals surface area contributed by atoms with Gasteiger partial charge < -0.3 is 9.47 Å². The molecule has 0 saturated heterocycles. The van der Waals surface area contributed by atoms with Gasteiger partial charge in [-0.1, -0.05) is 6.07 Å². The van der Waals surface area contributed by atoms with Crippen LogP contribution in [0.3, 0.4) is 0 Å². The number of aromatic nitrogens is 1. The predicted octanol–water partition coefficient (Wildman–Crippen LogP) is 2.62. The Morgan fingerprint density at radius 3 is 2.90 bits per heavy atom. The number of rotatable bonds is 2. The van der Waals surface area contributed by atoms with E-state index >= 15 is 0 Å². The fraction of sp³-hybridized carbons (Fsp3) is 0.250. The molecule has 102 valence electrons. The van der Waals surface area contributed by atoms with Gasteiger partial charge in [-0.3, -0.25) is 9.78 Å². The highest BCUT2D eigenvalue weighted by Crippen LogP contribution is 2.38. The van der Waals surface area contributed by atoms with Crippen LogP contribution in [0.2, 0.25) is 0 Å². The van der Waals surface area contributed by atoms with Crippen LogP contribution in [0.1, 0.15) is 22.8 Å². The van der Waals surface area contributed by atoms with Crippen molar-refractivity contribution in [3.63, 3.8) is 0 Å². The third-order valence-corrected chi connectivity index (χ3v) is 3.75. The summed E-state index contributed by atoms with van der Waals surface area (Å²) < 4.78 is 10.9. The minimum absolute atomic E-state index is 0.0504. The first kappa shape index (κ1) is 12.7. The van der Waals surface area contributed by atoms with E-state index in [1.165, 1.54) is 0 Å². The van der Waals surface area contributed by atoms with Crippen molar-refractivity contribution < 1.29 is 14.3 Å². The van der Waals surface area contributed by atoms with Gasteiger partial charge in [0.15, 0.2) is 5.78 Å². The molecule has 1 unspecified atom stereocenters. The Morgan fingerprint density at radius 1 is 1.35 bits per heavy atom. The zero-order valence-corrected chi connectivity index (χ0v) is 11.4. The van der Waals surface area contributed by atoms with Crippen LogP contribution in [-0.2, 0) is 5.41 Å². The lowest BCUT2D eigenvalue weighted by Gasteiger charge is -2.33. The number of carbonyl (C=O) groups excluding carboxylic acids is 1. The molecule has 0 radical (unpaired) electrons. The third kappa shape index (κ3) is 1.84. The highest BCUT2D eigenvalue weighted by atomic mass is 16.5. The summed E-state index contributed by atoms with van der Waals surface area (Å²) in [5.74, 6) is 1.31. The zero-order chi connectivity index (χ0) is 14.2. The molecule has 0 amide bonds. The summed E-state index contributed by atoms with van der Waals surface area (Å²) in [7, 11) is 1.59. The van der Waals surface area contributed by atoms with Crippen LogP contribution >= 0.6 is 0 Å². The number of ether oxygens (including phenoxy) is 2. The van der Waals surface area contributed by atoms with E-state index in [4.69, 9.17) is 9.47 Å². The van der Waals surface area contributed by atoms with Crippen LogP contribution in [0.5, 0.6) is 11.5 Å². The molecule has 20 heavy (non-hydrogen) atoms. The van der Waals surface area contributed by atoms with E-state index in [2.05, 4.69) is 4.98 Å². The minimum Gasteiger partial charge on any atom is -0.497 e. The number of ketones is 1. The summed E-state index contributed by atoms with van der Waals surface area (Å²) in [6.45, 7) is 2.19. The van der Waals surface area contributed by atoms with Gasteiger partial charge >= 0.3 is 0 Å². The Kier molecular flexibility index (Phi) is 2.93. The summed E-state index contributed by atoms with van der Waals surface area (Å²) in [6, 6.07) is 9.01. The molecule has 0 saturated carbocycles. The first-order valence-electron chi connectivity index (χ1n) is 6.41. The van der Waals surface area contributed by atoms with E-state index in [-0.39, 0.29) is 5.78 Å². The van der Waals surface area contributed by atoms with Crippen molar-refractivity contribution in [2.45, 2.75) is 12.3 Å². The average molecular weight is 269 g/mol. The van der Waals surface area contributed by atoms with E-state index < -0.39 is 5.41 Å². The lowest BCUT2D eigenvalue weighted by Crippen LogP contribution is -2.42. The van der Waals surface area contributed by atoms with Gasteiger partial charge in [0.05, 0.1) is 18.1 Å². The highest BCUT2D eigenvalue weighted by molar-refractivity contribution is 6.07. The highest BCUT2D eigenvalue weighted by Gasteiger charge is 2.41. The molecule has 4 nitrogen and oxygen atoms in total. The summed E-state index contributed by atoms with van der Waals surface area (Å²) in [6.07, 6.45) is 3.41. The molecule has 4 heteroatoms. The molecule has 0 aliphatic carbocycles. The van der Waals surface area contributed by atoms with E-state index in [0.717, 1.165) is 5.56 Å². The molecule has 1 aliphatic rings. The third-order valence-electron chi connectivity index (χ3n) is 3.75. The topological polar surface area (TPSA) is 48.4 Å². The van der Waals surface area contributed by atoms with Gasteiger partial charge in [-0.2, -0.15) is 0 Å². The second-order valence-electron chi connectivity index (χ2n) is 5.05. The monoisotopic (exact) mass is 269 g/mol. The van der Waals surface area contributed by atoms with Gasteiger partial charge in [-0.05, 0) is 30.7 Å². The molecule has 0 spiro atoms. The molecular formula is C16H15NO3. The maximum Gasteiger partial charge on any atom is 0.180 e. The van der Waals surface area contributed by atoms with Crippen LogP contribution in [0.25, 0.3) is 0 Å². The van der Waals surface area contributed by atoms with Crippen LogP contribution in [0, 0.1) is 0 Å². The van der Waals surface area contributed by atoms with Crippen molar-refractivity contribution in [3.05, 3.63) is 53.9 Å². The minimum atomic E-state index is -0.699. The van der Waals surface area contributed by atoms with Crippen molar-refractivity contribution in [1.82, 2.24) is 4.98 Å². The van der Waals surface area contributed by atoms with E-state index in [0.29, 0.717) is 23.7 Å². The molecule has 2 aromatic rings. The summed E-state index contributed by atoms with van der Waals surface area (Å²) >= 11 is 0. The molecule has 1 aromatic heterocycles. The summed E-state index contributed by atoms with van der Waals surface area (Å²) in [5, 5.41) is 0. The molecule has 1 aliphatic heterocycles. The molecule has 0 N–H and O–H groups in total. The van der Waals surface area contributed by atoms with Crippen LogP contribution in [0.15, 0.2) is 42.7 Å². The largest absolute Gasteiger partial charge is 0.497 e. The van der Waals surface area contributed by atoms with Crippen molar-refractivity contribution >= 4 is 5.78 Å². The van der Waals surface area contributed by atoms with Crippen molar-refractivity contribution in [3.8, 4) is 11.5 Å². The lowest BCUT2D eigenvalue weighted by molar-refractivity contribution is 0.0791. The number of fused-ring (bicyclic) bond motifs is 1. The fourth-order valence-electron chi connectivity index (χ4n) is 2.43. The van der Waals surface area contributed by atoms with Gasteiger partial charge in [0.25, 0.3) is 0 Å².